The third kappa shape index (κ3) is 6.49. The molecular formula is C36H42F4O. The molecule has 5 rings (SSSR count). The van der Waals surface area contributed by atoms with Gasteiger partial charge in [-0.3, -0.25) is 0 Å². The van der Waals surface area contributed by atoms with Gasteiger partial charge in [-0.2, -0.15) is 4.39 Å². The van der Waals surface area contributed by atoms with Gasteiger partial charge in [0.05, 0.1) is 6.61 Å². The highest BCUT2D eigenvalue weighted by atomic mass is 19.2. The maximum absolute atomic E-state index is 15.4. The SMILES string of the molecule is CCCOc1ccc(-c2ccc(-c3ccc(C4CCC(C5CCC(CCC)CC5)CC4)c(F)c3F)cc2)c(F)c1F. The molecule has 0 spiro atoms. The van der Waals surface area contributed by atoms with E-state index in [9.17, 15) is 8.78 Å². The van der Waals surface area contributed by atoms with Crippen LogP contribution in [0.5, 0.6) is 5.75 Å². The molecule has 3 aromatic rings. The van der Waals surface area contributed by atoms with Gasteiger partial charge in [-0.1, -0.05) is 75.9 Å². The van der Waals surface area contributed by atoms with Crippen LogP contribution in [0.25, 0.3) is 22.3 Å². The molecule has 0 unspecified atom stereocenters. The van der Waals surface area contributed by atoms with E-state index in [1.165, 1.54) is 50.7 Å². The van der Waals surface area contributed by atoms with Crippen LogP contribution < -0.4 is 4.74 Å². The summed E-state index contributed by atoms with van der Waals surface area (Å²) in [6.45, 7) is 4.46. The lowest BCUT2D eigenvalue weighted by molar-refractivity contribution is 0.156. The van der Waals surface area contributed by atoms with Crippen LogP contribution in [0, 0.1) is 41.0 Å². The number of halogens is 4. The Morgan fingerprint density at radius 1 is 0.585 bits per heavy atom. The van der Waals surface area contributed by atoms with Gasteiger partial charge >= 0.3 is 0 Å². The zero-order chi connectivity index (χ0) is 28.9. The summed E-state index contributed by atoms with van der Waals surface area (Å²) in [4.78, 5) is 0. The van der Waals surface area contributed by atoms with Gasteiger partial charge in [0.1, 0.15) is 0 Å². The van der Waals surface area contributed by atoms with E-state index in [0.717, 1.165) is 43.4 Å². The number of benzene rings is 3. The van der Waals surface area contributed by atoms with Crippen molar-refractivity contribution in [1.29, 1.82) is 0 Å². The topological polar surface area (TPSA) is 9.23 Å². The molecular weight excluding hydrogens is 524 g/mol. The fourth-order valence-electron chi connectivity index (χ4n) is 7.27. The molecule has 41 heavy (non-hydrogen) atoms. The molecule has 2 aliphatic rings. The average molecular weight is 567 g/mol. The van der Waals surface area contributed by atoms with Gasteiger partial charge in [0.2, 0.25) is 5.82 Å². The summed E-state index contributed by atoms with van der Waals surface area (Å²) in [5.41, 5.74) is 1.67. The minimum absolute atomic E-state index is 0.0516. The Morgan fingerprint density at radius 3 is 1.68 bits per heavy atom. The zero-order valence-electron chi connectivity index (χ0n) is 24.3. The molecule has 0 aliphatic heterocycles. The van der Waals surface area contributed by atoms with Gasteiger partial charge in [-0.25, -0.2) is 13.2 Å². The summed E-state index contributed by atoms with van der Waals surface area (Å²) in [7, 11) is 0. The molecule has 0 atom stereocenters. The van der Waals surface area contributed by atoms with E-state index in [4.69, 9.17) is 4.74 Å². The first-order valence-electron chi connectivity index (χ1n) is 15.6. The molecule has 2 aliphatic carbocycles. The second kappa shape index (κ2) is 13.4. The zero-order valence-corrected chi connectivity index (χ0v) is 24.3. The smallest absolute Gasteiger partial charge is 0.201 e. The average Bonchev–Trinajstić information content (AvgIpc) is 3.00. The maximum atomic E-state index is 15.4. The highest BCUT2D eigenvalue weighted by molar-refractivity contribution is 5.72. The van der Waals surface area contributed by atoms with Gasteiger partial charge < -0.3 is 4.74 Å². The van der Waals surface area contributed by atoms with Crippen LogP contribution in [0.2, 0.25) is 0 Å². The molecule has 5 heteroatoms. The van der Waals surface area contributed by atoms with Crippen LogP contribution in [-0.4, -0.2) is 6.61 Å². The van der Waals surface area contributed by atoms with Crippen molar-refractivity contribution in [2.24, 2.45) is 17.8 Å². The molecule has 0 radical (unpaired) electrons. The van der Waals surface area contributed by atoms with Crippen molar-refractivity contribution in [2.45, 2.75) is 90.4 Å². The van der Waals surface area contributed by atoms with Gasteiger partial charge in [-0.05, 0) is 97.4 Å². The molecule has 0 heterocycles. The molecule has 220 valence electrons. The fraction of sp³-hybridized carbons (Fsp3) is 0.500. The lowest BCUT2D eigenvalue weighted by Crippen LogP contribution is -2.25. The standard InChI is InChI=1S/C36H42F4O/c1-3-5-23-6-8-24(9-7-23)25-10-12-26(13-11-25)29-18-19-30(34(38)33(29)37)27-14-16-28(17-15-27)31-20-21-32(41-22-4-2)36(40)35(31)39/h14-21,23-26H,3-13,22H2,1-2H3. The molecule has 2 fully saturated rings. The number of hydrogen-bond donors (Lipinski definition) is 0. The second-order valence-electron chi connectivity index (χ2n) is 12.2. The van der Waals surface area contributed by atoms with Crippen LogP contribution >= 0.6 is 0 Å². The minimum Gasteiger partial charge on any atom is -0.490 e. The Morgan fingerprint density at radius 2 is 1.12 bits per heavy atom. The van der Waals surface area contributed by atoms with Crippen LogP contribution in [0.15, 0.2) is 48.5 Å². The predicted molar refractivity (Wildman–Crippen MR) is 158 cm³/mol. The minimum atomic E-state index is -1.03. The summed E-state index contributed by atoms with van der Waals surface area (Å²) >= 11 is 0. The quantitative estimate of drug-likeness (QED) is 0.234. The number of hydrogen-bond acceptors (Lipinski definition) is 1. The van der Waals surface area contributed by atoms with Crippen molar-refractivity contribution >= 4 is 0 Å². The van der Waals surface area contributed by atoms with E-state index in [1.807, 2.05) is 6.92 Å². The molecule has 0 bridgehead atoms. The highest BCUT2D eigenvalue weighted by Gasteiger charge is 2.32. The summed E-state index contributed by atoms with van der Waals surface area (Å²) in [6, 6.07) is 12.7. The number of rotatable bonds is 9. The van der Waals surface area contributed by atoms with E-state index in [2.05, 4.69) is 6.92 Å². The summed E-state index contributed by atoms with van der Waals surface area (Å²) < 4.78 is 65.2. The van der Waals surface area contributed by atoms with Crippen molar-refractivity contribution in [1.82, 2.24) is 0 Å². The summed E-state index contributed by atoms with van der Waals surface area (Å²) in [6.07, 6.45) is 12.7. The third-order valence-electron chi connectivity index (χ3n) is 9.59. The maximum Gasteiger partial charge on any atom is 0.201 e. The van der Waals surface area contributed by atoms with Crippen molar-refractivity contribution in [3.8, 4) is 28.0 Å². The molecule has 0 N–H and O–H groups in total. The molecule has 2 saturated carbocycles. The van der Waals surface area contributed by atoms with Gasteiger partial charge in [0.25, 0.3) is 0 Å². The van der Waals surface area contributed by atoms with Gasteiger partial charge in [0.15, 0.2) is 23.2 Å². The molecule has 0 amide bonds. The van der Waals surface area contributed by atoms with Gasteiger partial charge in [-0.15, -0.1) is 0 Å². The Kier molecular flexibility index (Phi) is 9.72. The van der Waals surface area contributed by atoms with E-state index in [-0.39, 0.29) is 22.8 Å². The predicted octanol–water partition coefficient (Wildman–Crippen LogP) is 11.2. The molecule has 0 aromatic heterocycles. The second-order valence-corrected chi connectivity index (χ2v) is 12.2. The fourth-order valence-corrected chi connectivity index (χ4v) is 7.27. The van der Waals surface area contributed by atoms with Crippen LogP contribution in [0.3, 0.4) is 0 Å². The Hall–Kier alpha value is -2.82. The first kappa shape index (κ1) is 29.7. The normalized spacial score (nSPS) is 23.0. The van der Waals surface area contributed by atoms with Crippen molar-refractivity contribution in [3.63, 3.8) is 0 Å². The van der Waals surface area contributed by atoms with Crippen LogP contribution in [0.4, 0.5) is 17.6 Å². The van der Waals surface area contributed by atoms with E-state index in [1.54, 1.807) is 36.4 Å². The van der Waals surface area contributed by atoms with E-state index in [0.29, 0.717) is 29.7 Å². The third-order valence-corrected chi connectivity index (χ3v) is 9.59. The van der Waals surface area contributed by atoms with E-state index >= 15 is 8.78 Å². The van der Waals surface area contributed by atoms with Crippen LogP contribution in [0.1, 0.15) is 96.0 Å². The first-order chi connectivity index (χ1) is 19.9. The molecule has 0 saturated heterocycles. The first-order valence-corrected chi connectivity index (χ1v) is 15.6. The number of ether oxygens (including phenoxy) is 1. The Bertz CT molecular complexity index is 1300. The molecule has 1 nitrogen and oxygen atoms in total. The summed E-state index contributed by atoms with van der Waals surface area (Å²) in [5, 5.41) is 0. The van der Waals surface area contributed by atoms with Crippen LogP contribution in [-0.2, 0) is 0 Å². The molecule has 3 aromatic carbocycles. The lowest BCUT2D eigenvalue weighted by Gasteiger charge is -2.38. The monoisotopic (exact) mass is 566 g/mol. The lowest BCUT2D eigenvalue weighted by atomic mass is 9.68. The van der Waals surface area contributed by atoms with Gasteiger partial charge in [0, 0.05) is 11.1 Å². The Balaban J connectivity index is 1.25. The Labute approximate surface area is 242 Å². The van der Waals surface area contributed by atoms with Crippen molar-refractivity contribution in [2.75, 3.05) is 6.61 Å². The van der Waals surface area contributed by atoms with Crippen molar-refractivity contribution < 1.29 is 22.3 Å². The van der Waals surface area contributed by atoms with Crippen molar-refractivity contribution in [3.05, 3.63) is 77.4 Å². The summed E-state index contributed by atoms with van der Waals surface area (Å²) in [5.74, 6) is -1.27. The largest absolute Gasteiger partial charge is 0.490 e. The highest BCUT2D eigenvalue weighted by Crippen LogP contribution is 2.45. The van der Waals surface area contributed by atoms with E-state index < -0.39 is 23.3 Å².